The van der Waals surface area contributed by atoms with Crippen LogP contribution in [0.2, 0.25) is 0 Å². The Hall–Kier alpha value is -1.90. The molecule has 1 fully saturated rings. The molecule has 3 rings (SSSR count). The standard InChI is InChI=1S/C19H24N2O4S2/c1-15-6-8-16(9-7-15)26(22,23)19-11-10-17(27(24,25)20(2)3)14-18(19)21-12-4-5-13-21/h6-11,14H,4-5,12-13H2,1-3H3. The average molecular weight is 409 g/mol. The Morgan fingerprint density at radius 2 is 1.41 bits per heavy atom. The molecule has 1 aliphatic rings. The van der Waals surface area contributed by atoms with E-state index < -0.39 is 19.9 Å². The molecule has 0 bridgehead atoms. The summed E-state index contributed by atoms with van der Waals surface area (Å²) in [5.41, 5.74) is 1.43. The van der Waals surface area contributed by atoms with Gasteiger partial charge in [-0.05, 0) is 50.1 Å². The zero-order valence-electron chi connectivity index (χ0n) is 15.7. The number of benzene rings is 2. The molecule has 0 saturated carbocycles. The van der Waals surface area contributed by atoms with Crippen molar-refractivity contribution in [1.82, 2.24) is 4.31 Å². The van der Waals surface area contributed by atoms with Gasteiger partial charge in [0, 0.05) is 27.2 Å². The molecule has 0 aromatic heterocycles. The molecule has 0 spiro atoms. The Morgan fingerprint density at radius 3 is 1.96 bits per heavy atom. The quantitative estimate of drug-likeness (QED) is 0.760. The Bertz CT molecular complexity index is 1040. The highest BCUT2D eigenvalue weighted by Gasteiger charge is 2.28. The molecule has 0 atom stereocenters. The van der Waals surface area contributed by atoms with E-state index in [1.165, 1.54) is 32.3 Å². The zero-order valence-corrected chi connectivity index (χ0v) is 17.3. The summed E-state index contributed by atoms with van der Waals surface area (Å²) < 4.78 is 52.6. The van der Waals surface area contributed by atoms with Crippen LogP contribution in [0.25, 0.3) is 0 Å². The minimum atomic E-state index is -3.76. The molecule has 2 aromatic rings. The summed E-state index contributed by atoms with van der Waals surface area (Å²) in [7, 11) is -4.49. The molecule has 0 aliphatic carbocycles. The molecular formula is C19H24N2O4S2. The number of rotatable bonds is 5. The van der Waals surface area contributed by atoms with Gasteiger partial charge in [-0.2, -0.15) is 0 Å². The van der Waals surface area contributed by atoms with Crippen molar-refractivity contribution >= 4 is 25.5 Å². The van der Waals surface area contributed by atoms with E-state index in [-0.39, 0.29) is 14.7 Å². The highest BCUT2D eigenvalue weighted by atomic mass is 32.2. The molecule has 146 valence electrons. The van der Waals surface area contributed by atoms with Crippen molar-refractivity contribution in [2.75, 3.05) is 32.1 Å². The number of anilines is 1. The molecule has 1 heterocycles. The van der Waals surface area contributed by atoms with Crippen molar-refractivity contribution in [3.8, 4) is 0 Å². The van der Waals surface area contributed by atoms with Gasteiger partial charge in [-0.3, -0.25) is 0 Å². The predicted octanol–water partition coefficient (Wildman–Crippen LogP) is 2.68. The second kappa shape index (κ2) is 7.26. The van der Waals surface area contributed by atoms with E-state index in [4.69, 9.17) is 0 Å². The highest BCUT2D eigenvalue weighted by molar-refractivity contribution is 7.91. The number of sulfone groups is 1. The monoisotopic (exact) mass is 408 g/mol. The van der Waals surface area contributed by atoms with Crippen molar-refractivity contribution in [1.29, 1.82) is 0 Å². The van der Waals surface area contributed by atoms with Gasteiger partial charge in [0.15, 0.2) is 0 Å². The summed E-state index contributed by atoms with van der Waals surface area (Å²) in [6, 6.07) is 11.0. The van der Waals surface area contributed by atoms with Crippen LogP contribution in [-0.4, -0.2) is 48.3 Å². The number of nitrogens with zero attached hydrogens (tertiary/aromatic N) is 2. The second-order valence-corrected chi connectivity index (χ2v) is 11.0. The molecule has 1 aliphatic heterocycles. The molecule has 8 heteroatoms. The van der Waals surface area contributed by atoms with E-state index in [1.54, 1.807) is 24.3 Å². The van der Waals surface area contributed by atoms with Crippen LogP contribution >= 0.6 is 0 Å². The van der Waals surface area contributed by atoms with E-state index >= 15 is 0 Å². The number of hydrogen-bond donors (Lipinski definition) is 0. The van der Waals surface area contributed by atoms with Crippen LogP contribution in [0.3, 0.4) is 0 Å². The summed E-state index contributed by atoms with van der Waals surface area (Å²) in [6.45, 7) is 3.32. The number of aryl methyl sites for hydroxylation is 1. The van der Waals surface area contributed by atoms with Gasteiger partial charge >= 0.3 is 0 Å². The van der Waals surface area contributed by atoms with Gasteiger partial charge in [0.1, 0.15) is 0 Å². The van der Waals surface area contributed by atoms with Crippen molar-refractivity contribution < 1.29 is 16.8 Å². The first-order chi connectivity index (χ1) is 12.6. The van der Waals surface area contributed by atoms with Crippen LogP contribution in [0.5, 0.6) is 0 Å². The lowest BCUT2D eigenvalue weighted by atomic mass is 10.2. The summed E-state index contributed by atoms with van der Waals surface area (Å²) in [6.07, 6.45) is 1.91. The van der Waals surface area contributed by atoms with Gasteiger partial charge in [-0.15, -0.1) is 0 Å². The van der Waals surface area contributed by atoms with Crippen molar-refractivity contribution in [2.45, 2.75) is 34.5 Å². The van der Waals surface area contributed by atoms with Gasteiger partial charge in [-0.1, -0.05) is 17.7 Å². The summed E-state index contributed by atoms with van der Waals surface area (Å²) in [5, 5.41) is 0. The fourth-order valence-electron chi connectivity index (χ4n) is 3.15. The molecule has 0 amide bonds. The molecule has 0 unspecified atom stereocenters. The lowest BCUT2D eigenvalue weighted by Gasteiger charge is -2.23. The average Bonchev–Trinajstić information content (AvgIpc) is 3.16. The molecule has 27 heavy (non-hydrogen) atoms. The Kier molecular flexibility index (Phi) is 5.33. The first-order valence-corrected chi connectivity index (χ1v) is 11.7. The van der Waals surface area contributed by atoms with Crippen LogP contribution in [-0.2, 0) is 19.9 Å². The van der Waals surface area contributed by atoms with Gasteiger partial charge in [0.05, 0.1) is 20.4 Å². The second-order valence-electron chi connectivity index (χ2n) is 6.93. The maximum Gasteiger partial charge on any atom is 0.242 e. The zero-order chi connectivity index (χ0) is 19.8. The summed E-state index contributed by atoms with van der Waals surface area (Å²) >= 11 is 0. The lowest BCUT2D eigenvalue weighted by molar-refractivity contribution is 0.520. The van der Waals surface area contributed by atoms with E-state index in [0.717, 1.165) is 22.7 Å². The fraction of sp³-hybridized carbons (Fsp3) is 0.368. The van der Waals surface area contributed by atoms with E-state index in [2.05, 4.69) is 0 Å². The number of sulfonamides is 1. The van der Waals surface area contributed by atoms with Gasteiger partial charge < -0.3 is 4.90 Å². The van der Waals surface area contributed by atoms with E-state index in [9.17, 15) is 16.8 Å². The van der Waals surface area contributed by atoms with Crippen LogP contribution in [0.15, 0.2) is 57.2 Å². The smallest absolute Gasteiger partial charge is 0.242 e. The van der Waals surface area contributed by atoms with E-state index in [0.29, 0.717) is 18.8 Å². The molecule has 6 nitrogen and oxygen atoms in total. The predicted molar refractivity (Wildman–Crippen MR) is 105 cm³/mol. The Labute approximate surface area is 161 Å². The Morgan fingerprint density at radius 1 is 0.852 bits per heavy atom. The minimum absolute atomic E-state index is 0.0947. The van der Waals surface area contributed by atoms with E-state index in [1.807, 2.05) is 11.8 Å². The minimum Gasteiger partial charge on any atom is -0.370 e. The first-order valence-electron chi connectivity index (χ1n) is 8.77. The van der Waals surface area contributed by atoms with Gasteiger partial charge in [-0.25, -0.2) is 21.1 Å². The summed E-state index contributed by atoms with van der Waals surface area (Å²) in [4.78, 5) is 2.40. The van der Waals surface area contributed by atoms with Crippen molar-refractivity contribution in [3.63, 3.8) is 0 Å². The van der Waals surface area contributed by atoms with Crippen molar-refractivity contribution in [3.05, 3.63) is 48.0 Å². The normalized spacial score (nSPS) is 15.5. The topological polar surface area (TPSA) is 74.8 Å². The number of hydrogen-bond acceptors (Lipinski definition) is 5. The van der Waals surface area contributed by atoms with Gasteiger partial charge in [0.2, 0.25) is 19.9 Å². The first kappa shape index (κ1) is 19.9. The van der Waals surface area contributed by atoms with Crippen molar-refractivity contribution in [2.24, 2.45) is 0 Å². The molecule has 0 radical (unpaired) electrons. The molecule has 0 N–H and O–H groups in total. The van der Waals surface area contributed by atoms with Crippen LogP contribution in [0, 0.1) is 6.92 Å². The third-order valence-electron chi connectivity index (χ3n) is 4.78. The summed E-state index contributed by atoms with van der Waals surface area (Å²) in [5.74, 6) is 0. The fourth-order valence-corrected chi connectivity index (χ4v) is 5.53. The maximum atomic E-state index is 13.2. The Balaban J connectivity index is 2.19. The van der Waals surface area contributed by atoms with Gasteiger partial charge in [0.25, 0.3) is 0 Å². The molecule has 1 saturated heterocycles. The van der Waals surface area contributed by atoms with Crippen LogP contribution in [0.1, 0.15) is 18.4 Å². The third kappa shape index (κ3) is 3.74. The largest absolute Gasteiger partial charge is 0.370 e. The molecular weight excluding hydrogens is 384 g/mol. The third-order valence-corrected chi connectivity index (χ3v) is 8.40. The SMILES string of the molecule is Cc1ccc(S(=O)(=O)c2ccc(S(=O)(=O)N(C)C)cc2N2CCCC2)cc1. The van der Waals surface area contributed by atoms with Crippen LogP contribution in [0.4, 0.5) is 5.69 Å². The van der Waals surface area contributed by atoms with Crippen LogP contribution < -0.4 is 4.90 Å². The maximum absolute atomic E-state index is 13.2. The lowest BCUT2D eigenvalue weighted by Crippen LogP contribution is -2.24. The molecule has 2 aromatic carbocycles. The highest BCUT2D eigenvalue weighted by Crippen LogP contribution is 2.34.